The van der Waals surface area contributed by atoms with Crippen molar-refractivity contribution in [3.05, 3.63) is 0 Å². The Bertz CT molecular complexity index is 193. The Morgan fingerprint density at radius 2 is 2.07 bits per heavy atom. The molecule has 2 atom stereocenters. The zero-order valence-corrected chi connectivity index (χ0v) is 9.48. The zero-order chi connectivity index (χ0) is 10.7. The molecule has 2 unspecified atom stereocenters. The highest BCUT2D eigenvalue weighted by Crippen LogP contribution is 2.15. The van der Waals surface area contributed by atoms with Gasteiger partial charge >= 0.3 is 0 Å². The molecule has 2 rings (SSSR count). The number of hydrogen-bond donors (Lipinski definition) is 2. The van der Waals surface area contributed by atoms with Gasteiger partial charge in [0.15, 0.2) is 0 Å². The van der Waals surface area contributed by atoms with E-state index in [1.54, 1.807) is 0 Å². The summed E-state index contributed by atoms with van der Waals surface area (Å²) in [4.78, 5) is 2.38. The Morgan fingerprint density at radius 1 is 1.33 bits per heavy atom. The van der Waals surface area contributed by atoms with Crippen molar-refractivity contribution < 1.29 is 9.84 Å². The average molecular weight is 214 g/mol. The molecule has 0 aromatic carbocycles. The van der Waals surface area contributed by atoms with Gasteiger partial charge in [0.05, 0.1) is 25.4 Å². The first-order valence-electron chi connectivity index (χ1n) is 5.93. The molecule has 2 saturated heterocycles. The van der Waals surface area contributed by atoms with E-state index >= 15 is 0 Å². The quantitative estimate of drug-likeness (QED) is 0.676. The normalized spacial score (nSPS) is 34.8. The van der Waals surface area contributed by atoms with Crippen LogP contribution >= 0.6 is 0 Å². The Balaban J connectivity index is 1.65. The molecule has 0 saturated carbocycles. The van der Waals surface area contributed by atoms with Crippen molar-refractivity contribution in [2.45, 2.75) is 25.0 Å². The summed E-state index contributed by atoms with van der Waals surface area (Å²) in [6.07, 6.45) is 2.23. The van der Waals surface area contributed by atoms with Crippen LogP contribution in [0.5, 0.6) is 0 Å². The molecule has 2 aliphatic rings. The lowest BCUT2D eigenvalue weighted by atomic mass is 9.97. The molecule has 2 fully saturated rings. The van der Waals surface area contributed by atoms with E-state index < -0.39 is 0 Å². The fraction of sp³-hybridized carbons (Fsp3) is 1.00. The molecule has 2 N–H and O–H groups in total. The van der Waals surface area contributed by atoms with E-state index in [0.29, 0.717) is 13.2 Å². The SMILES string of the molecule is CN1CCC(CNC2COCC2O)CC1. The van der Waals surface area contributed by atoms with Crippen LogP contribution in [0.4, 0.5) is 0 Å². The van der Waals surface area contributed by atoms with Gasteiger partial charge in [-0.3, -0.25) is 0 Å². The summed E-state index contributed by atoms with van der Waals surface area (Å²) in [5, 5.41) is 13.0. The number of hydrogen-bond acceptors (Lipinski definition) is 4. The molecule has 15 heavy (non-hydrogen) atoms. The van der Waals surface area contributed by atoms with Crippen molar-refractivity contribution in [3.8, 4) is 0 Å². The van der Waals surface area contributed by atoms with Gasteiger partial charge in [0, 0.05) is 0 Å². The monoisotopic (exact) mass is 214 g/mol. The van der Waals surface area contributed by atoms with Crippen molar-refractivity contribution in [3.63, 3.8) is 0 Å². The second kappa shape index (κ2) is 5.25. The molecule has 0 spiro atoms. The largest absolute Gasteiger partial charge is 0.389 e. The third-order valence-corrected chi connectivity index (χ3v) is 3.56. The Kier molecular flexibility index (Phi) is 3.97. The summed E-state index contributed by atoms with van der Waals surface area (Å²) in [7, 11) is 2.18. The molecule has 0 aliphatic carbocycles. The molecule has 2 heterocycles. The molecule has 88 valence electrons. The van der Waals surface area contributed by atoms with Gasteiger partial charge in [-0.15, -0.1) is 0 Å². The summed E-state index contributed by atoms with van der Waals surface area (Å²) < 4.78 is 5.21. The molecule has 4 heteroatoms. The lowest BCUT2D eigenvalue weighted by Gasteiger charge is -2.30. The van der Waals surface area contributed by atoms with Crippen LogP contribution < -0.4 is 5.32 Å². The predicted octanol–water partition coefficient (Wildman–Crippen LogP) is -0.322. The van der Waals surface area contributed by atoms with Crippen LogP contribution in [0.25, 0.3) is 0 Å². The van der Waals surface area contributed by atoms with Crippen molar-refractivity contribution >= 4 is 0 Å². The number of aliphatic hydroxyl groups is 1. The van der Waals surface area contributed by atoms with Crippen LogP contribution in [-0.2, 0) is 4.74 Å². The van der Waals surface area contributed by atoms with Gasteiger partial charge in [0.2, 0.25) is 0 Å². The van der Waals surface area contributed by atoms with Crippen molar-refractivity contribution in [1.29, 1.82) is 0 Å². The molecule has 4 nitrogen and oxygen atoms in total. The second-order valence-electron chi connectivity index (χ2n) is 4.87. The van der Waals surface area contributed by atoms with E-state index in [-0.39, 0.29) is 12.1 Å². The fourth-order valence-corrected chi connectivity index (χ4v) is 2.32. The number of aliphatic hydroxyl groups excluding tert-OH is 1. The van der Waals surface area contributed by atoms with Gasteiger partial charge in [0.25, 0.3) is 0 Å². The van der Waals surface area contributed by atoms with Crippen molar-refractivity contribution in [1.82, 2.24) is 10.2 Å². The van der Waals surface area contributed by atoms with Crippen molar-refractivity contribution in [2.24, 2.45) is 5.92 Å². The average Bonchev–Trinajstić information content (AvgIpc) is 2.63. The Hall–Kier alpha value is -0.160. The second-order valence-corrected chi connectivity index (χ2v) is 4.87. The maximum absolute atomic E-state index is 9.56. The number of piperidine rings is 1. The van der Waals surface area contributed by atoms with Gasteiger partial charge in [-0.05, 0) is 45.4 Å². The first-order valence-corrected chi connectivity index (χ1v) is 5.93. The van der Waals surface area contributed by atoms with E-state index in [1.165, 1.54) is 25.9 Å². The Morgan fingerprint density at radius 3 is 2.67 bits per heavy atom. The van der Waals surface area contributed by atoms with Gasteiger partial charge in [-0.1, -0.05) is 0 Å². The highest BCUT2D eigenvalue weighted by molar-refractivity contribution is 4.82. The van der Waals surface area contributed by atoms with E-state index in [9.17, 15) is 5.11 Å². The molecular weight excluding hydrogens is 192 g/mol. The maximum atomic E-state index is 9.56. The maximum Gasteiger partial charge on any atom is 0.0948 e. The fourth-order valence-electron chi connectivity index (χ4n) is 2.32. The summed E-state index contributed by atoms with van der Waals surface area (Å²) in [6.45, 7) is 4.59. The van der Waals surface area contributed by atoms with Crippen LogP contribution in [0.3, 0.4) is 0 Å². The van der Waals surface area contributed by atoms with Gasteiger partial charge < -0.3 is 20.1 Å². The lowest BCUT2D eigenvalue weighted by molar-refractivity contribution is 0.121. The molecular formula is C11H22N2O2. The molecule has 0 radical (unpaired) electrons. The van der Waals surface area contributed by atoms with Crippen LogP contribution in [0.1, 0.15) is 12.8 Å². The van der Waals surface area contributed by atoms with E-state index in [1.807, 2.05) is 0 Å². The van der Waals surface area contributed by atoms with E-state index in [2.05, 4.69) is 17.3 Å². The summed E-state index contributed by atoms with van der Waals surface area (Å²) in [5.41, 5.74) is 0. The van der Waals surface area contributed by atoms with Crippen molar-refractivity contribution in [2.75, 3.05) is 39.9 Å². The molecule has 0 amide bonds. The predicted molar refractivity (Wildman–Crippen MR) is 58.8 cm³/mol. The van der Waals surface area contributed by atoms with Crippen LogP contribution in [0.15, 0.2) is 0 Å². The Labute approximate surface area is 91.6 Å². The highest BCUT2D eigenvalue weighted by Gasteiger charge is 2.26. The number of likely N-dealkylation sites (tertiary alicyclic amines) is 1. The molecule has 0 aromatic rings. The number of rotatable bonds is 3. The summed E-state index contributed by atoms with van der Waals surface area (Å²) in [5.74, 6) is 0.772. The molecule has 0 aromatic heterocycles. The molecule has 0 bridgehead atoms. The zero-order valence-electron chi connectivity index (χ0n) is 9.48. The standard InChI is InChI=1S/C11H22N2O2/c1-13-4-2-9(3-5-13)6-12-10-7-15-8-11(10)14/h9-12,14H,2-8H2,1H3. The number of nitrogens with one attached hydrogen (secondary N) is 1. The van der Waals surface area contributed by atoms with Gasteiger partial charge in [-0.25, -0.2) is 0 Å². The number of nitrogens with zero attached hydrogens (tertiary/aromatic N) is 1. The van der Waals surface area contributed by atoms with Crippen LogP contribution in [0, 0.1) is 5.92 Å². The summed E-state index contributed by atoms with van der Waals surface area (Å²) >= 11 is 0. The minimum absolute atomic E-state index is 0.157. The minimum Gasteiger partial charge on any atom is -0.389 e. The van der Waals surface area contributed by atoms with Crippen LogP contribution in [-0.4, -0.2) is 62.0 Å². The van der Waals surface area contributed by atoms with E-state index in [4.69, 9.17) is 4.74 Å². The number of ether oxygens (including phenoxy) is 1. The summed E-state index contributed by atoms with van der Waals surface area (Å²) in [6, 6.07) is 0.157. The lowest BCUT2D eigenvalue weighted by Crippen LogP contribution is -2.43. The highest BCUT2D eigenvalue weighted by atomic mass is 16.5. The van der Waals surface area contributed by atoms with Crippen LogP contribution in [0.2, 0.25) is 0 Å². The minimum atomic E-state index is -0.309. The first-order chi connectivity index (χ1) is 7.25. The molecule has 2 aliphatic heterocycles. The topological polar surface area (TPSA) is 44.7 Å². The van der Waals surface area contributed by atoms with Gasteiger partial charge in [-0.2, -0.15) is 0 Å². The van der Waals surface area contributed by atoms with Gasteiger partial charge in [0.1, 0.15) is 0 Å². The smallest absolute Gasteiger partial charge is 0.0948 e. The third-order valence-electron chi connectivity index (χ3n) is 3.56. The first kappa shape index (κ1) is 11.3. The third kappa shape index (κ3) is 3.14. The van der Waals surface area contributed by atoms with E-state index in [0.717, 1.165) is 12.5 Å².